The van der Waals surface area contributed by atoms with Crippen LogP contribution in [0.15, 0.2) is 96.0 Å². The Labute approximate surface area is 435 Å². The molecule has 1 aromatic heterocycles. The summed E-state index contributed by atoms with van der Waals surface area (Å²) in [5, 5.41) is 13.2. The van der Waals surface area contributed by atoms with Gasteiger partial charge in [0.2, 0.25) is 23.6 Å². The zero-order chi connectivity index (χ0) is 53.8. The summed E-state index contributed by atoms with van der Waals surface area (Å²) in [6, 6.07) is 20.0. The lowest BCUT2D eigenvalue weighted by Crippen LogP contribution is -2.54. The zero-order valence-corrected chi connectivity index (χ0v) is 41.7. The first-order valence-corrected chi connectivity index (χ1v) is 25.7. The molecule has 0 aliphatic carbocycles. The van der Waals surface area contributed by atoms with E-state index in [-0.39, 0.29) is 135 Å². The van der Waals surface area contributed by atoms with Gasteiger partial charge in [0, 0.05) is 59.3 Å². The number of halogens is 1. The maximum atomic E-state index is 15.6. The van der Waals surface area contributed by atoms with E-state index in [1.54, 1.807) is 42.5 Å². The Morgan fingerprint density at radius 3 is 2.20 bits per heavy atom. The number of carbonyl (C=O) groups excluding carboxylic acids is 7. The van der Waals surface area contributed by atoms with Crippen molar-refractivity contribution in [3.63, 3.8) is 0 Å². The SMILES string of the molecule is Nc1ncc(-c2ccc(S(=O)(=O)Nc3cccc(NC(=O)CCOCCOCCOCCOCCNC(=O)CNc4cccc5c4C(=O)N(C4CCC(=O)NC4=O)C5=O)c3)cc2F)cc1-c1ccc2c(c1)CCNC2=O. The molecule has 0 radical (unpaired) electrons. The lowest BCUT2D eigenvalue weighted by atomic mass is 9.94. The number of nitrogen functional groups attached to an aromatic ring is 1. The number of nitrogens with zero attached hydrogens (tertiary/aromatic N) is 2. The minimum atomic E-state index is -4.26. The summed E-state index contributed by atoms with van der Waals surface area (Å²) >= 11 is 0. The van der Waals surface area contributed by atoms with E-state index in [1.807, 2.05) is 6.07 Å². The summed E-state index contributed by atoms with van der Waals surface area (Å²) in [5.74, 6) is -4.03. The lowest BCUT2D eigenvalue weighted by molar-refractivity contribution is -0.136. The van der Waals surface area contributed by atoms with Gasteiger partial charge in [0.1, 0.15) is 17.7 Å². The van der Waals surface area contributed by atoms with Gasteiger partial charge in [0.15, 0.2) is 0 Å². The molecule has 398 valence electrons. The Morgan fingerprint density at radius 1 is 0.737 bits per heavy atom. The molecular weight excluding hydrogens is 1010 g/mol. The monoisotopic (exact) mass is 1060 g/mol. The molecule has 1 saturated heterocycles. The number of anilines is 4. The third kappa shape index (κ3) is 13.4. The number of hydrogen-bond donors (Lipinski definition) is 7. The van der Waals surface area contributed by atoms with Crippen LogP contribution in [0.1, 0.15) is 55.9 Å². The first-order valence-electron chi connectivity index (χ1n) is 24.2. The van der Waals surface area contributed by atoms with Crippen LogP contribution >= 0.6 is 0 Å². The quantitative estimate of drug-likeness (QED) is 0.0326. The van der Waals surface area contributed by atoms with Crippen molar-refractivity contribution >= 4 is 74.3 Å². The first kappa shape index (κ1) is 54.1. The number of pyridine rings is 1. The molecule has 7 amide bonds. The van der Waals surface area contributed by atoms with E-state index in [2.05, 4.69) is 36.3 Å². The zero-order valence-electron chi connectivity index (χ0n) is 40.9. The van der Waals surface area contributed by atoms with Crippen molar-refractivity contribution < 1.29 is 65.3 Å². The molecule has 22 nitrogen and oxygen atoms in total. The number of sulfonamides is 1. The second-order valence-corrected chi connectivity index (χ2v) is 19.2. The molecule has 4 aromatic carbocycles. The molecule has 0 bridgehead atoms. The maximum Gasteiger partial charge on any atom is 0.264 e. The smallest absolute Gasteiger partial charge is 0.264 e. The van der Waals surface area contributed by atoms with E-state index in [0.717, 1.165) is 16.5 Å². The van der Waals surface area contributed by atoms with Gasteiger partial charge in [-0.05, 0) is 78.6 Å². The summed E-state index contributed by atoms with van der Waals surface area (Å²) in [4.78, 5) is 92.3. The predicted octanol–water partition coefficient (Wildman–Crippen LogP) is 3.25. The summed E-state index contributed by atoms with van der Waals surface area (Å²) in [6.07, 6.45) is 2.09. The number of hydrogen-bond acceptors (Lipinski definition) is 16. The third-order valence-electron chi connectivity index (χ3n) is 12.3. The number of nitrogens with one attached hydrogen (secondary N) is 6. The number of fused-ring (bicyclic) bond motifs is 2. The van der Waals surface area contributed by atoms with Crippen LogP contribution in [0.2, 0.25) is 0 Å². The van der Waals surface area contributed by atoms with Crippen LogP contribution in [0, 0.1) is 5.82 Å². The van der Waals surface area contributed by atoms with Gasteiger partial charge in [-0.1, -0.05) is 30.3 Å². The molecule has 24 heteroatoms. The molecule has 0 saturated carbocycles. The van der Waals surface area contributed by atoms with Crippen molar-refractivity contribution in [2.75, 3.05) is 93.6 Å². The molecule has 1 unspecified atom stereocenters. The molecule has 3 aliphatic rings. The van der Waals surface area contributed by atoms with E-state index in [9.17, 15) is 42.0 Å². The van der Waals surface area contributed by atoms with Crippen LogP contribution in [-0.2, 0) is 54.6 Å². The minimum Gasteiger partial charge on any atom is -0.383 e. The molecule has 8 N–H and O–H groups in total. The lowest BCUT2D eigenvalue weighted by Gasteiger charge is -2.27. The van der Waals surface area contributed by atoms with Gasteiger partial charge in [-0.3, -0.25) is 48.5 Å². The van der Waals surface area contributed by atoms with Gasteiger partial charge >= 0.3 is 0 Å². The number of piperidine rings is 1. The van der Waals surface area contributed by atoms with Crippen molar-refractivity contribution in [1.29, 1.82) is 0 Å². The summed E-state index contributed by atoms with van der Waals surface area (Å²) in [7, 11) is -4.26. The standard InChI is InChI=1S/C52H54FN9O13S/c53-41-28-36(8-10-37(41)33-26-40(48(54)58-29-33)31-7-9-38-32(25-31)13-15-56-49(38)66)76(70,71)61-35-4-1-3-34(27-35)59-45(64)14-17-72-19-21-74-23-24-75-22-20-73-18-16-55-46(65)30-57-42-6-2-5-39-47(42)52(69)62(51(39)68)43-11-12-44(63)60-50(43)67/h1-10,25-29,43,57,61H,11-24,30H2,(H2,54,58)(H,55,65)(H,56,66)(H,59,64)(H,60,63,67). The highest BCUT2D eigenvalue weighted by Gasteiger charge is 2.45. The molecule has 1 fully saturated rings. The molecule has 0 spiro atoms. The largest absolute Gasteiger partial charge is 0.383 e. The van der Waals surface area contributed by atoms with Crippen LogP contribution in [0.3, 0.4) is 0 Å². The topological polar surface area (TPSA) is 305 Å². The number of nitrogens with two attached hydrogens (primary N) is 1. The number of aromatic nitrogens is 1. The highest BCUT2D eigenvalue weighted by molar-refractivity contribution is 7.92. The predicted molar refractivity (Wildman–Crippen MR) is 274 cm³/mol. The van der Waals surface area contributed by atoms with Gasteiger partial charge in [0.25, 0.3) is 27.7 Å². The molecule has 76 heavy (non-hydrogen) atoms. The second kappa shape index (κ2) is 24.9. The highest BCUT2D eigenvalue weighted by Crippen LogP contribution is 2.35. The summed E-state index contributed by atoms with van der Waals surface area (Å²) in [5.41, 5.74) is 10.2. The number of ether oxygens (including phenoxy) is 4. The van der Waals surface area contributed by atoms with Crippen molar-refractivity contribution in [1.82, 2.24) is 25.8 Å². The Balaban J connectivity index is 0.659. The van der Waals surface area contributed by atoms with Crippen LogP contribution < -0.4 is 37.0 Å². The summed E-state index contributed by atoms with van der Waals surface area (Å²) < 4.78 is 66.8. The maximum absolute atomic E-state index is 15.6. The van der Waals surface area contributed by atoms with Gasteiger partial charge in [-0.2, -0.15) is 0 Å². The van der Waals surface area contributed by atoms with E-state index < -0.39 is 45.5 Å². The average molecular weight is 1060 g/mol. The van der Waals surface area contributed by atoms with Gasteiger partial charge in [0.05, 0.1) is 87.5 Å². The second-order valence-electron chi connectivity index (χ2n) is 17.5. The Morgan fingerprint density at radius 2 is 1.45 bits per heavy atom. The van der Waals surface area contributed by atoms with E-state index in [4.69, 9.17) is 24.7 Å². The number of rotatable bonds is 25. The number of amides is 7. The normalized spacial score (nSPS) is 15.1. The number of benzene rings is 4. The van der Waals surface area contributed by atoms with E-state index in [0.29, 0.717) is 47.5 Å². The van der Waals surface area contributed by atoms with Crippen molar-refractivity contribution in [3.8, 4) is 22.3 Å². The third-order valence-corrected chi connectivity index (χ3v) is 13.7. The molecule has 8 rings (SSSR count). The minimum absolute atomic E-state index is 0.00160. The first-order chi connectivity index (χ1) is 36.7. The fourth-order valence-electron chi connectivity index (χ4n) is 8.53. The van der Waals surface area contributed by atoms with Crippen molar-refractivity contribution in [2.24, 2.45) is 0 Å². The van der Waals surface area contributed by atoms with Crippen LogP contribution in [-0.4, -0.2) is 138 Å². The molecule has 5 aromatic rings. The van der Waals surface area contributed by atoms with E-state index in [1.165, 1.54) is 36.5 Å². The highest BCUT2D eigenvalue weighted by atomic mass is 32.2. The molecular formula is C52H54FN9O13S. The Bertz CT molecular complexity index is 3180. The van der Waals surface area contributed by atoms with E-state index >= 15 is 4.39 Å². The Kier molecular flexibility index (Phi) is 17.7. The molecule has 3 aliphatic heterocycles. The number of imide groups is 2. The fraction of sp³-hybridized carbons (Fsp3) is 0.308. The average Bonchev–Trinajstić information content (AvgIpc) is 3.67. The van der Waals surface area contributed by atoms with Crippen molar-refractivity contribution in [2.45, 2.75) is 36.6 Å². The van der Waals surface area contributed by atoms with Gasteiger partial charge in [-0.15, -0.1) is 0 Å². The van der Waals surface area contributed by atoms with Crippen LogP contribution in [0.4, 0.5) is 27.3 Å². The fourth-order valence-corrected chi connectivity index (χ4v) is 9.59. The van der Waals surface area contributed by atoms with Crippen molar-refractivity contribution in [3.05, 3.63) is 119 Å². The summed E-state index contributed by atoms with van der Waals surface area (Å²) in [6.45, 7) is 2.42. The van der Waals surface area contributed by atoms with Crippen LogP contribution in [0.5, 0.6) is 0 Å². The Hall–Kier alpha value is -8.16. The van der Waals surface area contributed by atoms with Gasteiger partial charge < -0.3 is 45.9 Å². The number of carbonyl (C=O) groups is 7. The molecule has 1 atom stereocenters. The van der Waals surface area contributed by atoms with Crippen LogP contribution in [0.25, 0.3) is 22.3 Å². The molecule has 4 heterocycles. The van der Waals surface area contributed by atoms with Gasteiger partial charge in [-0.25, -0.2) is 17.8 Å².